The zero-order chi connectivity index (χ0) is 14.0. The molecule has 0 atom stereocenters. The highest BCUT2D eigenvalue weighted by Crippen LogP contribution is 2.14. The summed E-state index contributed by atoms with van der Waals surface area (Å²) in [6, 6.07) is 1.11. The predicted molar refractivity (Wildman–Crippen MR) is 72.9 cm³/mol. The summed E-state index contributed by atoms with van der Waals surface area (Å²) in [5.41, 5.74) is -0.531. The first-order valence-corrected chi connectivity index (χ1v) is 7.85. The molecule has 2 aromatic heterocycles. The number of aryl methyl sites for hydroxylation is 1. The Bertz CT molecular complexity index is 751. The molecule has 0 fully saturated rings. The molecule has 0 unspecified atom stereocenters. The first-order chi connectivity index (χ1) is 8.88. The van der Waals surface area contributed by atoms with Crippen molar-refractivity contribution < 1.29 is 8.42 Å². The number of pyridine rings is 1. The van der Waals surface area contributed by atoms with E-state index in [4.69, 9.17) is 11.6 Å². The quantitative estimate of drug-likeness (QED) is 0.887. The average Bonchev–Trinajstić information content (AvgIpc) is 2.76. The summed E-state index contributed by atoms with van der Waals surface area (Å²) in [4.78, 5) is 18.3. The van der Waals surface area contributed by atoms with Gasteiger partial charge in [0.1, 0.15) is 10.0 Å². The van der Waals surface area contributed by atoms with E-state index < -0.39 is 15.6 Å². The number of nitrogens with zero attached hydrogens (tertiary/aromatic N) is 1. The largest absolute Gasteiger partial charge is 0.326 e. The van der Waals surface area contributed by atoms with E-state index in [0.717, 1.165) is 17.1 Å². The molecule has 102 valence electrons. The van der Waals surface area contributed by atoms with Crippen molar-refractivity contribution in [1.82, 2.24) is 14.7 Å². The number of hydrogen-bond acceptors (Lipinski definition) is 5. The van der Waals surface area contributed by atoms with Gasteiger partial charge < -0.3 is 4.98 Å². The molecular weight excluding hydrogens is 310 g/mol. The van der Waals surface area contributed by atoms with Gasteiger partial charge in [-0.25, -0.2) is 18.1 Å². The van der Waals surface area contributed by atoms with Crippen LogP contribution in [-0.2, 0) is 16.6 Å². The molecule has 0 spiro atoms. The Kier molecular flexibility index (Phi) is 4.04. The maximum Gasteiger partial charge on any atom is 0.266 e. The van der Waals surface area contributed by atoms with Gasteiger partial charge in [-0.15, -0.1) is 11.3 Å². The second kappa shape index (κ2) is 5.41. The molecule has 6 nitrogen and oxygen atoms in total. The van der Waals surface area contributed by atoms with E-state index in [2.05, 4.69) is 14.7 Å². The number of H-pyrrole nitrogens is 1. The Morgan fingerprint density at radius 3 is 2.84 bits per heavy atom. The minimum absolute atomic E-state index is 0.0922. The lowest BCUT2D eigenvalue weighted by molar-refractivity contribution is 0.580. The molecule has 19 heavy (non-hydrogen) atoms. The molecule has 9 heteroatoms. The SMILES string of the molecule is Cc1cnc(CNS(=O)(=O)c2c[nH]c(=O)c(Cl)c2)s1. The van der Waals surface area contributed by atoms with Crippen LogP contribution in [0.15, 0.2) is 28.2 Å². The Morgan fingerprint density at radius 2 is 2.26 bits per heavy atom. The van der Waals surface area contributed by atoms with Crippen molar-refractivity contribution in [1.29, 1.82) is 0 Å². The maximum atomic E-state index is 12.0. The van der Waals surface area contributed by atoms with Crippen LogP contribution in [0.25, 0.3) is 0 Å². The number of rotatable bonds is 4. The first-order valence-electron chi connectivity index (χ1n) is 5.18. The summed E-state index contributed by atoms with van der Waals surface area (Å²) in [6.45, 7) is 1.98. The fourth-order valence-electron chi connectivity index (χ4n) is 1.32. The molecule has 2 aromatic rings. The zero-order valence-electron chi connectivity index (χ0n) is 9.81. The van der Waals surface area contributed by atoms with E-state index in [9.17, 15) is 13.2 Å². The summed E-state index contributed by atoms with van der Waals surface area (Å²) >= 11 is 7.00. The molecule has 2 heterocycles. The van der Waals surface area contributed by atoms with Crippen molar-refractivity contribution >= 4 is 33.0 Å². The highest BCUT2D eigenvalue weighted by molar-refractivity contribution is 7.89. The molecule has 0 amide bonds. The number of hydrogen-bond donors (Lipinski definition) is 2. The van der Waals surface area contributed by atoms with Crippen LogP contribution in [0.5, 0.6) is 0 Å². The predicted octanol–water partition coefficient (Wildman–Crippen LogP) is 1.27. The molecule has 0 radical (unpaired) electrons. The lowest BCUT2D eigenvalue weighted by Crippen LogP contribution is -2.24. The Balaban J connectivity index is 2.18. The summed E-state index contributed by atoms with van der Waals surface area (Å²) in [5.74, 6) is 0. The van der Waals surface area contributed by atoms with E-state index in [0.29, 0.717) is 5.01 Å². The van der Waals surface area contributed by atoms with Gasteiger partial charge in [-0.2, -0.15) is 0 Å². The number of sulfonamides is 1. The van der Waals surface area contributed by atoms with E-state index >= 15 is 0 Å². The van der Waals surface area contributed by atoms with Crippen molar-refractivity contribution in [2.45, 2.75) is 18.4 Å². The normalized spacial score (nSPS) is 11.7. The first kappa shape index (κ1) is 14.2. The van der Waals surface area contributed by atoms with Gasteiger partial charge in [0.25, 0.3) is 5.56 Å². The van der Waals surface area contributed by atoms with Gasteiger partial charge in [-0.05, 0) is 13.0 Å². The maximum absolute atomic E-state index is 12.0. The van der Waals surface area contributed by atoms with Gasteiger partial charge >= 0.3 is 0 Å². The van der Waals surface area contributed by atoms with E-state index in [1.165, 1.54) is 11.3 Å². The van der Waals surface area contributed by atoms with Crippen LogP contribution in [0.3, 0.4) is 0 Å². The Labute approximate surface area is 118 Å². The standard InChI is InChI=1S/C10H10ClN3O3S2/c1-6-3-12-9(18-6)5-14-19(16,17)7-2-8(11)10(15)13-4-7/h2-4,14H,5H2,1H3,(H,13,15). The minimum Gasteiger partial charge on any atom is -0.326 e. The summed E-state index contributed by atoms with van der Waals surface area (Å²) in [7, 11) is -3.73. The second-order valence-corrected chi connectivity index (χ2v) is 7.20. The third kappa shape index (κ3) is 3.41. The lowest BCUT2D eigenvalue weighted by atomic mass is 10.5. The molecule has 0 aliphatic heterocycles. The zero-order valence-corrected chi connectivity index (χ0v) is 12.2. The van der Waals surface area contributed by atoms with Crippen molar-refractivity contribution in [3.63, 3.8) is 0 Å². The van der Waals surface area contributed by atoms with Crippen LogP contribution in [0, 0.1) is 6.92 Å². The third-order valence-electron chi connectivity index (χ3n) is 2.22. The van der Waals surface area contributed by atoms with Crippen LogP contribution >= 0.6 is 22.9 Å². The van der Waals surface area contributed by atoms with Crippen LogP contribution in [0.1, 0.15) is 9.88 Å². The molecular formula is C10H10ClN3O3S2. The fourth-order valence-corrected chi connectivity index (χ4v) is 3.35. The number of thiazole rings is 1. The highest BCUT2D eigenvalue weighted by atomic mass is 35.5. The summed E-state index contributed by atoms with van der Waals surface area (Å²) in [5, 5.41) is 0.490. The number of aromatic nitrogens is 2. The topological polar surface area (TPSA) is 91.9 Å². The van der Waals surface area contributed by atoms with Crippen molar-refractivity contribution in [2.75, 3.05) is 0 Å². The van der Waals surface area contributed by atoms with Gasteiger partial charge in [0.2, 0.25) is 10.0 Å². The number of aromatic amines is 1. The number of nitrogens with one attached hydrogen (secondary N) is 2. The molecule has 0 aliphatic carbocycles. The van der Waals surface area contributed by atoms with Gasteiger partial charge in [0.15, 0.2) is 0 Å². The second-order valence-electron chi connectivity index (χ2n) is 3.70. The van der Waals surface area contributed by atoms with Crippen molar-refractivity contribution in [3.8, 4) is 0 Å². The molecule has 0 aliphatic rings. The molecule has 0 saturated heterocycles. The Hall–Kier alpha value is -1.22. The monoisotopic (exact) mass is 319 g/mol. The highest BCUT2D eigenvalue weighted by Gasteiger charge is 2.16. The van der Waals surface area contributed by atoms with Gasteiger partial charge in [-0.1, -0.05) is 11.6 Å². The molecule has 0 aromatic carbocycles. The third-order valence-corrected chi connectivity index (χ3v) is 4.80. The number of halogens is 1. The van der Waals surface area contributed by atoms with Crippen LogP contribution in [0.4, 0.5) is 0 Å². The average molecular weight is 320 g/mol. The lowest BCUT2D eigenvalue weighted by Gasteiger charge is -2.05. The van der Waals surface area contributed by atoms with E-state index in [1.807, 2.05) is 6.92 Å². The molecule has 0 saturated carbocycles. The van der Waals surface area contributed by atoms with Gasteiger partial charge in [0, 0.05) is 17.3 Å². The van der Waals surface area contributed by atoms with Crippen LogP contribution < -0.4 is 10.3 Å². The molecule has 0 bridgehead atoms. The summed E-state index contributed by atoms with van der Waals surface area (Å²) < 4.78 is 26.3. The minimum atomic E-state index is -3.73. The van der Waals surface area contributed by atoms with E-state index in [-0.39, 0.29) is 16.5 Å². The van der Waals surface area contributed by atoms with Crippen LogP contribution in [-0.4, -0.2) is 18.4 Å². The van der Waals surface area contributed by atoms with Crippen LogP contribution in [0.2, 0.25) is 5.02 Å². The van der Waals surface area contributed by atoms with Gasteiger partial charge in [0.05, 0.1) is 11.4 Å². The Morgan fingerprint density at radius 1 is 1.53 bits per heavy atom. The van der Waals surface area contributed by atoms with Crippen molar-refractivity contribution in [3.05, 3.63) is 43.7 Å². The summed E-state index contributed by atoms with van der Waals surface area (Å²) in [6.07, 6.45) is 2.77. The molecule has 2 N–H and O–H groups in total. The smallest absolute Gasteiger partial charge is 0.266 e. The molecule has 2 rings (SSSR count). The van der Waals surface area contributed by atoms with Crippen molar-refractivity contribution in [2.24, 2.45) is 0 Å². The fraction of sp³-hybridized carbons (Fsp3) is 0.200. The van der Waals surface area contributed by atoms with Gasteiger partial charge in [-0.3, -0.25) is 4.79 Å². The van der Waals surface area contributed by atoms with E-state index in [1.54, 1.807) is 6.20 Å².